The van der Waals surface area contributed by atoms with E-state index in [1.54, 1.807) is 0 Å². The Bertz CT molecular complexity index is 580. The fourth-order valence-electron chi connectivity index (χ4n) is 2.21. The number of carbonyl (C=O) groups excluding carboxylic acids is 1. The van der Waals surface area contributed by atoms with Crippen molar-refractivity contribution in [1.82, 2.24) is 5.32 Å². The van der Waals surface area contributed by atoms with Crippen LogP contribution in [0.2, 0.25) is 0 Å². The summed E-state index contributed by atoms with van der Waals surface area (Å²) in [6.07, 6.45) is 2.28. The molecule has 1 atom stereocenters. The summed E-state index contributed by atoms with van der Waals surface area (Å²) in [7, 11) is 0. The summed E-state index contributed by atoms with van der Waals surface area (Å²) in [6.45, 7) is 2.67. The van der Waals surface area contributed by atoms with Crippen molar-refractivity contribution in [2.75, 3.05) is 6.54 Å². The van der Waals surface area contributed by atoms with E-state index in [1.807, 2.05) is 25.1 Å². The topological polar surface area (TPSA) is 29.1 Å². The van der Waals surface area contributed by atoms with Crippen LogP contribution in [0.15, 0.2) is 42.5 Å². The Labute approximate surface area is 125 Å². The molecule has 0 aromatic heterocycles. The van der Waals surface area contributed by atoms with Gasteiger partial charge in [-0.25, -0.2) is 0 Å². The van der Waals surface area contributed by atoms with E-state index in [0.717, 1.165) is 18.4 Å². The minimum atomic E-state index is 0.0718. The molecule has 0 bridgehead atoms. The molecule has 1 amide bonds. The Hall–Kier alpha value is -1.54. The van der Waals surface area contributed by atoms with Gasteiger partial charge in [0.15, 0.2) is 0 Å². The van der Waals surface area contributed by atoms with E-state index in [2.05, 4.69) is 29.6 Å². The SMILES string of the molecule is CC(Cl)CCCNC(=O)Cc1ccc2ccccc2c1. The van der Waals surface area contributed by atoms with Gasteiger partial charge in [-0.2, -0.15) is 0 Å². The molecule has 20 heavy (non-hydrogen) atoms. The fourth-order valence-corrected chi connectivity index (χ4v) is 2.36. The Morgan fingerprint density at radius 2 is 1.95 bits per heavy atom. The van der Waals surface area contributed by atoms with Crippen LogP contribution >= 0.6 is 11.6 Å². The molecule has 1 unspecified atom stereocenters. The van der Waals surface area contributed by atoms with Crippen molar-refractivity contribution in [3.63, 3.8) is 0 Å². The lowest BCUT2D eigenvalue weighted by atomic mass is 10.0. The van der Waals surface area contributed by atoms with E-state index in [0.29, 0.717) is 13.0 Å². The van der Waals surface area contributed by atoms with Crippen LogP contribution in [0.1, 0.15) is 25.3 Å². The third kappa shape index (κ3) is 4.53. The van der Waals surface area contributed by atoms with Crippen LogP contribution in [0.3, 0.4) is 0 Å². The molecule has 2 nitrogen and oxygen atoms in total. The molecule has 2 aromatic rings. The van der Waals surface area contributed by atoms with Crippen molar-refractivity contribution in [3.05, 3.63) is 48.0 Å². The van der Waals surface area contributed by atoms with Gasteiger partial charge in [0.2, 0.25) is 5.91 Å². The number of hydrogen-bond acceptors (Lipinski definition) is 1. The third-order valence-corrected chi connectivity index (χ3v) is 3.50. The summed E-state index contributed by atoms with van der Waals surface area (Å²) < 4.78 is 0. The lowest BCUT2D eigenvalue weighted by Crippen LogP contribution is -2.26. The van der Waals surface area contributed by atoms with Crippen LogP contribution in [-0.2, 0) is 11.2 Å². The first-order valence-corrected chi connectivity index (χ1v) is 7.47. The number of hydrogen-bond donors (Lipinski definition) is 1. The Morgan fingerprint density at radius 3 is 2.70 bits per heavy atom. The van der Waals surface area contributed by atoms with Gasteiger partial charge < -0.3 is 5.32 Å². The molecule has 0 radical (unpaired) electrons. The third-order valence-electron chi connectivity index (χ3n) is 3.28. The Balaban J connectivity index is 1.86. The summed E-state index contributed by atoms with van der Waals surface area (Å²) in [5, 5.41) is 5.49. The Morgan fingerprint density at radius 1 is 1.20 bits per heavy atom. The van der Waals surface area contributed by atoms with Crippen LogP contribution in [0.25, 0.3) is 10.8 Å². The van der Waals surface area contributed by atoms with Crippen LogP contribution < -0.4 is 5.32 Å². The predicted molar refractivity (Wildman–Crippen MR) is 85.2 cm³/mol. The molecule has 106 valence electrons. The highest BCUT2D eigenvalue weighted by atomic mass is 35.5. The number of fused-ring (bicyclic) bond motifs is 1. The van der Waals surface area contributed by atoms with E-state index in [-0.39, 0.29) is 11.3 Å². The van der Waals surface area contributed by atoms with E-state index >= 15 is 0 Å². The number of nitrogens with one attached hydrogen (secondary N) is 1. The van der Waals surface area contributed by atoms with Crippen LogP contribution in [-0.4, -0.2) is 17.8 Å². The monoisotopic (exact) mass is 289 g/mol. The quantitative estimate of drug-likeness (QED) is 0.634. The predicted octanol–water partition coefficient (Wildman–Crippen LogP) is 3.91. The average Bonchev–Trinajstić information content (AvgIpc) is 2.43. The molecule has 0 aliphatic carbocycles. The van der Waals surface area contributed by atoms with E-state index in [9.17, 15) is 4.79 Å². The van der Waals surface area contributed by atoms with Crippen molar-refractivity contribution in [1.29, 1.82) is 0 Å². The lowest BCUT2D eigenvalue weighted by molar-refractivity contribution is -0.120. The van der Waals surface area contributed by atoms with Crippen LogP contribution in [0.4, 0.5) is 0 Å². The summed E-state index contributed by atoms with van der Waals surface area (Å²) in [5.41, 5.74) is 1.05. The van der Waals surface area contributed by atoms with E-state index < -0.39 is 0 Å². The van der Waals surface area contributed by atoms with Crippen LogP contribution in [0, 0.1) is 0 Å². The van der Waals surface area contributed by atoms with Gasteiger partial charge in [-0.1, -0.05) is 42.5 Å². The van der Waals surface area contributed by atoms with Gasteiger partial charge in [-0.15, -0.1) is 11.6 Å². The van der Waals surface area contributed by atoms with Crippen LogP contribution in [0.5, 0.6) is 0 Å². The maximum atomic E-state index is 11.8. The largest absolute Gasteiger partial charge is 0.356 e. The zero-order valence-corrected chi connectivity index (χ0v) is 12.5. The average molecular weight is 290 g/mol. The van der Waals surface area contributed by atoms with Gasteiger partial charge in [0, 0.05) is 11.9 Å². The van der Waals surface area contributed by atoms with Crippen molar-refractivity contribution in [2.45, 2.75) is 31.6 Å². The second kappa shape index (κ2) is 7.30. The lowest BCUT2D eigenvalue weighted by Gasteiger charge is -2.07. The second-order valence-corrected chi connectivity index (χ2v) is 5.88. The molecule has 0 fully saturated rings. The summed E-state index contributed by atoms with van der Waals surface area (Å²) >= 11 is 5.87. The van der Waals surface area contributed by atoms with Crippen molar-refractivity contribution < 1.29 is 4.79 Å². The van der Waals surface area contributed by atoms with Gasteiger partial charge in [-0.05, 0) is 36.1 Å². The van der Waals surface area contributed by atoms with E-state index in [1.165, 1.54) is 10.8 Å². The minimum Gasteiger partial charge on any atom is -0.356 e. The molecule has 2 aromatic carbocycles. The molecule has 3 heteroatoms. The molecule has 0 aliphatic rings. The fraction of sp³-hybridized carbons (Fsp3) is 0.353. The molecule has 0 spiro atoms. The zero-order valence-electron chi connectivity index (χ0n) is 11.7. The summed E-state index contributed by atoms with van der Waals surface area (Å²) in [6, 6.07) is 14.3. The van der Waals surface area contributed by atoms with Gasteiger partial charge in [-0.3, -0.25) is 4.79 Å². The molecular formula is C17H20ClNO. The Kier molecular flexibility index (Phi) is 5.42. The highest BCUT2D eigenvalue weighted by Gasteiger charge is 2.04. The first kappa shape index (κ1) is 14.9. The van der Waals surface area contributed by atoms with Crippen molar-refractivity contribution in [3.8, 4) is 0 Å². The van der Waals surface area contributed by atoms with Gasteiger partial charge in [0.1, 0.15) is 0 Å². The molecule has 2 rings (SSSR count). The zero-order chi connectivity index (χ0) is 14.4. The highest BCUT2D eigenvalue weighted by molar-refractivity contribution is 6.20. The first-order valence-electron chi connectivity index (χ1n) is 7.03. The number of alkyl halides is 1. The number of carbonyl (C=O) groups is 1. The molecule has 0 saturated carbocycles. The summed E-state index contributed by atoms with van der Waals surface area (Å²) in [4.78, 5) is 11.8. The highest BCUT2D eigenvalue weighted by Crippen LogP contribution is 2.15. The molecular weight excluding hydrogens is 270 g/mol. The molecule has 0 saturated heterocycles. The smallest absolute Gasteiger partial charge is 0.224 e. The maximum Gasteiger partial charge on any atom is 0.224 e. The van der Waals surface area contributed by atoms with Crippen molar-refractivity contribution >= 4 is 28.3 Å². The number of amides is 1. The van der Waals surface area contributed by atoms with Gasteiger partial charge >= 0.3 is 0 Å². The van der Waals surface area contributed by atoms with Gasteiger partial charge in [0.25, 0.3) is 0 Å². The number of benzene rings is 2. The standard InChI is InChI=1S/C17H20ClNO/c1-13(18)5-4-10-19-17(20)12-14-8-9-15-6-2-3-7-16(15)11-14/h2-3,6-9,11,13H,4-5,10,12H2,1H3,(H,19,20). The van der Waals surface area contributed by atoms with Crippen molar-refractivity contribution in [2.24, 2.45) is 0 Å². The first-order chi connectivity index (χ1) is 9.65. The van der Waals surface area contributed by atoms with E-state index in [4.69, 9.17) is 11.6 Å². The minimum absolute atomic E-state index is 0.0718. The number of rotatable bonds is 6. The molecule has 0 heterocycles. The number of halogens is 1. The molecule has 1 N–H and O–H groups in total. The van der Waals surface area contributed by atoms with Gasteiger partial charge in [0.05, 0.1) is 6.42 Å². The molecule has 0 aliphatic heterocycles. The normalized spacial score (nSPS) is 12.3. The summed E-state index contributed by atoms with van der Waals surface area (Å²) in [5.74, 6) is 0.0718. The second-order valence-electron chi connectivity index (χ2n) is 5.13. The maximum absolute atomic E-state index is 11.8.